The molecule has 0 aromatic carbocycles. The van der Waals surface area contributed by atoms with Gasteiger partial charge >= 0.3 is 5.97 Å². The number of methoxy groups -OCH3 is 1. The van der Waals surface area contributed by atoms with E-state index in [9.17, 15) is 9.59 Å². The summed E-state index contributed by atoms with van der Waals surface area (Å²) in [6.07, 6.45) is 1.47. The molecule has 2 N–H and O–H groups in total. The van der Waals surface area contributed by atoms with Gasteiger partial charge in [0.05, 0.1) is 7.11 Å². The highest BCUT2D eigenvalue weighted by Gasteiger charge is 2.11. The Morgan fingerprint density at radius 1 is 1.69 bits per heavy atom. The summed E-state index contributed by atoms with van der Waals surface area (Å²) in [5.74, 6) is -0.623. The second-order valence-corrected chi connectivity index (χ2v) is 3.13. The molecule has 85 valence electrons. The van der Waals surface area contributed by atoms with Gasteiger partial charge in [-0.1, -0.05) is 5.16 Å². The minimum Gasteiger partial charge on any atom is -0.466 e. The topological polar surface area (TPSA) is 117 Å². The van der Waals surface area contributed by atoms with E-state index in [1.165, 1.54) is 13.4 Å². The van der Waals surface area contributed by atoms with Crippen molar-refractivity contribution in [3.63, 3.8) is 0 Å². The second kappa shape index (κ2) is 5.75. The quantitative estimate of drug-likeness (QED) is 0.405. The van der Waals surface area contributed by atoms with E-state index in [2.05, 4.69) is 24.1 Å². The van der Waals surface area contributed by atoms with Crippen molar-refractivity contribution in [3.05, 3.63) is 5.82 Å². The predicted molar refractivity (Wildman–Crippen MR) is 54.5 cm³/mol. The molecule has 0 spiro atoms. The Bertz CT molecular complexity index is 416. The summed E-state index contributed by atoms with van der Waals surface area (Å²) in [5, 5.41) is 3.52. The minimum atomic E-state index is -0.625. The molecule has 1 radical (unpaired) electrons. The van der Waals surface area contributed by atoms with Crippen LogP contribution in [0.1, 0.15) is 5.82 Å². The highest BCUT2D eigenvalue weighted by molar-refractivity contribution is 7.09. The Balaban J connectivity index is 2.64. The van der Waals surface area contributed by atoms with Gasteiger partial charge in [-0.25, -0.2) is 4.79 Å². The van der Waals surface area contributed by atoms with Crippen molar-refractivity contribution >= 4 is 34.6 Å². The van der Waals surface area contributed by atoms with Gasteiger partial charge in [-0.2, -0.15) is 9.36 Å². The van der Waals surface area contributed by atoms with Crippen molar-refractivity contribution in [2.75, 3.05) is 19.5 Å². The smallest absolute Gasteiger partial charge is 0.346 e. The van der Waals surface area contributed by atoms with Crippen molar-refractivity contribution in [2.45, 2.75) is 0 Å². The maximum absolute atomic E-state index is 10.7. The Kier molecular flexibility index (Phi) is 4.33. The number of rotatable bonds is 5. The fourth-order valence-electron chi connectivity index (χ4n) is 0.645. The summed E-state index contributed by atoms with van der Waals surface area (Å²) in [7, 11) is 1.20. The van der Waals surface area contributed by atoms with E-state index in [-0.39, 0.29) is 16.7 Å². The van der Waals surface area contributed by atoms with Crippen LogP contribution in [0.25, 0.3) is 0 Å². The Hall–Kier alpha value is -2.03. The fraction of sp³-hybridized carbons (Fsp3) is 0.286. The van der Waals surface area contributed by atoms with Gasteiger partial charge in [0.15, 0.2) is 10.8 Å². The number of carbonyl (C=O) groups excluding carboxylic acids is 2. The molecule has 0 unspecified atom stereocenters. The highest BCUT2D eigenvalue weighted by Crippen LogP contribution is 2.06. The van der Waals surface area contributed by atoms with Crippen LogP contribution in [0.4, 0.5) is 5.13 Å². The number of ether oxygens (including phenoxy) is 1. The molecule has 0 atom stereocenters. The first-order valence-electron chi connectivity index (χ1n) is 3.92. The monoisotopic (exact) mass is 243 g/mol. The molecule has 1 aromatic heterocycles. The summed E-state index contributed by atoms with van der Waals surface area (Å²) >= 11 is 0.902. The van der Waals surface area contributed by atoms with Crippen molar-refractivity contribution in [2.24, 2.45) is 5.16 Å². The third-order valence-electron chi connectivity index (χ3n) is 1.32. The summed E-state index contributed by atoms with van der Waals surface area (Å²) in [6, 6.07) is 0. The number of carbonyl (C=O) groups is 1. The number of nitrogens with two attached hydrogens (primary N) is 1. The van der Waals surface area contributed by atoms with Crippen LogP contribution in [0.5, 0.6) is 0 Å². The minimum absolute atomic E-state index is 0.00219. The van der Waals surface area contributed by atoms with E-state index in [1.54, 1.807) is 0 Å². The molecule has 8 nitrogen and oxygen atoms in total. The van der Waals surface area contributed by atoms with E-state index in [4.69, 9.17) is 5.73 Å². The van der Waals surface area contributed by atoms with Gasteiger partial charge in [0.25, 0.3) is 6.29 Å². The molecule has 0 aliphatic rings. The maximum Gasteiger partial charge on any atom is 0.346 e. The summed E-state index contributed by atoms with van der Waals surface area (Å²) in [4.78, 5) is 29.4. The van der Waals surface area contributed by atoms with Crippen molar-refractivity contribution < 1.29 is 19.2 Å². The van der Waals surface area contributed by atoms with Crippen LogP contribution in [-0.4, -0.2) is 41.0 Å². The van der Waals surface area contributed by atoms with E-state index in [0.29, 0.717) is 0 Å². The van der Waals surface area contributed by atoms with Crippen LogP contribution in [0, 0.1) is 0 Å². The Labute approximate surface area is 94.2 Å². The lowest BCUT2D eigenvalue weighted by Gasteiger charge is -1.97. The SMILES string of the molecule is COC(=O)CON=C([C]=O)c1nsc(N)n1. The molecule has 0 saturated heterocycles. The third-order valence-corrected chi connectivity index (χ3v) is 1.86. The van der Waals surface area contributed by atoms with Crippen molar-refractivity contribution in [1.82, 2.24) is 9.36 Å². The number of aromatic nitrogens is 2. The van der Waals surface area contributed by atoms with E-state index in [1.807, 2.05) is 0 Å². The van der Waals surface area contributed by atoms with E-state index in [0.717, 1.165) is 11.5 Å². The van der Waals surface area contributed by atoms with Crippen LogP contribution >= 0.6 is 11.5 Å². The molecule has 0 saturated carbocycles. The number of esters is 1. The zero-order chi connectivity index (χ0) is 12.0. The number of oxime groups is 1. The number of nitrogen functional groups attached to an aromatic ring is 1. The first-order chi connectivity index (χ1) is 7.67. The lowest BCUT2D eigenvalue weighted by atomic mass is 10.4. The Morgan fingerprint density at radius 3 is 2.94 bits per heavy atom. The normalized spacial score (nSPS) is 10.9. The van der Waals surface area contributed by atoms with Gasteiger partial charge in [0, 0.05) is 11.5 Å². The van der Waals surface area contributed by atoms with Crippen LogP contribution < -0.4 is 5.73 Å². The molecule has 0 aliphatic heterocycles. The van der Waals surface area contributed by atoms with Crippen LogP contribution in [-0.2, 0) is 19.2 Å². The lowest BCUT2D eigenvalue weighted by molar-refractivity contribution is -0.145. The predicted octanol–water partition coefficient (Wildman–Crippen LogP) is -0.876. The molecule has 0 amide bonds. The second-order valence-electron chi connectivity index (χ2n) is 2.35. The average molecular weight is 243 g/mol. The Morgan fingerprint density at radius 2 is 2.44 bits per heavy atom. The van der Waals surface area contributed by atoms with Gasteiger partial charge in [0.1, 0.15) is 0 Å². The number of hydrogen-bond donors (Lipinski definition) is 1. The third kappa shape index (κ3) is 3.28. The standard InChI is InChI=1S/C7H7N4O4S/c1-14-5(13)3-15-10-4(2-12)6-9-7(8)16-11-6/h3H2,1H3,(H2,8,9,11). The molecule has 1 aromatic rings. The van der Waals surface area contributed by atoms with E-state index < -0.39 is 12.6 Å². The molecule has 1 rings (SSSR count). The molecular weight excluding hydrogens is 236 g/mol. The van der Waals surface area contributed by atoms with Gasteiger partial charge in [0.2, 0.25) is 12.4 Å². The van der Waals surface area contributed by atoms with Crippen molar-refractivity contribution in [3.8, 4) is 0 Å². The largest absolute Gasteiger partial charge is 0.466 e. The molecule has 0 aliphatic carbocycles. The molecule has 16 heavy (non-hydrogen) atoms. The van der Waals surface area contributed by atoms with Gasteiger partial charge in [-0.3, -0.25) is 4.79 Å². The summed E-state index contributed by atoms with van der Waals surface area (Å²) in [5.41, 5.74) is 5.05. The number of anilines is 1. The van der Waals surface area contributed by atoms with Crippen LogP contribution in [0.2, 0.25) is 0 Å². The summed E-state index contributed by atoms with van der Waals surface area (Å²) in [6.45, 7) is -0.415. The zero-order valence-electron chi connectivity index (χ0n) is 8.17. The van der Waals surface area contributed by atoms with Crippen LogP contribution in [0.3, 0.4) is 0 Å². The number of nitrogens with zero attached hydrogens (tertiary/aromatic N) is 3. The van der Waals surface area contributed by atoms with Gasteiger partial charge < -0.3 is 15.3 Å². The molecule has 0 bridgehead atoms. The average Bonchev–Trinajstić information content (AvgIpc) is 2.70. The van der Waals surface area contributed by atoms with Gasteiger partial charge in [-0.05, 0) is 0 Å². The highest BCUT2D eigenvalue weighted by atomic mass is 32.1. The van der Waals surface area contributed by atoms with Gasteiger partial charge in [-0.15, -0.1) is 0 Å². The fourth-order valence-corrected chi connectivity index (χ4v) is 1.08. The van der Waals surface area contributed by atoms with E-state index >= 15 is 0 Å². The van der Waals surface area contributed by atoms with Crippen molar-refractivity contribution in [1.29, 1.82) is 0 Å². The first kappa shape index (κ1) is 12.0. The lowest BCUT2D eigenvalue weighted by Crippen LogP contribution is -2.11. The zero-order valence-corrected chi connectivity index (χ0v) is 8.98. The first-order valence-corrected chi connectivity index (χ1v) is 4.69. The van der Waals surface area contributed by atoms with Crippen LogP contribution in [0.15, 0.2) is 5.16 Å². The summed E-state index contributed by atoms with van der Waals surface area (Å²) < 4.78 is 8.02. The molecular formula is C7H7N4O4S. The molecule has 0 fully saturated rings. The number of hydrogen-bond acceptors (Lipinski definition) is 9. The maximum atomic E-state index is 10.7. The molecule has 9 heteroatoms. The molecule has 1 heterocycles.